The van der Waals surface area contributed by atoms with E-state index in [0.29, 0.717) is 6.42 Å². The number of carbonyl (C=O) groups is 2. The normalized spacial score (nSPS) is 18.9. The molecule has 5 nitrogen and oxygen atoms in total. The second-order valence-electron chi connectivity index (χ2n) is 4.74. The van der Waals surface area contributed by atoms with Gasteiger partial charge in [-0.1, -0.05) is 30.3 Å². The van der Waals surface area contributed by atoms with Crippen molar-refractivity contribution in [2.24, 2.45) is 0 Å². The Kier molecular flexibility index (Phi) is 6.67. The number of rotatable bonds is 5. The molecule has 20 heavy (non-hydrogen) atoms. The Labute approximate surface area is 128 Å². The van der Waals surface area contributed by atoms with Crippen molar-refractivity contribution in [1.29, 1.82) is 0 Å². The maximum atomic E-state index is 11.9. The Balaban J connectivity index is 0.00000200. The van der Waals surface area contributed by atoms with Crippen LogP contribution in [-0.4, -0.2) is 35.6 Å². The van der Waals surface area contributed by atoms with Gasteiger partial charge in [-0.05, 0) is 24.9 Å². The summed E-state index contributed by atoms with van der Waals surface area (Å²) in [5.74, 6) is -1.23. The molecule has 2 rings (SSSR count). The minimum Gasteiger partial charge on any atom is -0.480 e. The van der Waals surface area contributed by atoms with Gasteiger partial charge in [0.2, 0.25) is 5.91 Å². The second kappa shape index (κ2) is 8.01. The van der Waals surface area contributed by atoms with Crippen molar-refractivity contribution in [2.75, 3.05) is 6.54 Å². The van der Waals surface area contributed by atoms with Crippen molar-refractivity contribution in [3.63, 3.8) is 0 Å². The van der Waals surface area contributed by atoms with Crippen LogP contribution in [-0.2, 0) is 16.0 Å². The highest BCUT2D eigenvalue weighted by atomic mass is 79.9. The van der Waals surface area contributed by atoms with Gasteiger partial charge in [-0.2, -0.15) is 0 Å². The lowest BCUT2D eigenvalue weighted by Crippen LogP contribution is -2.49. The lowest BCUT2D eigenvalue weighted by atomic mass is 10.1. The Morgan fingerprint density at radius 3 is 2.60 bits per heavy atom. The van der Waals surface area contributed by atoms with Gasteiger partial charge in [0.25, 0.3) is 0 Å². The number of amides is 1. The van der Waals surface area contributed by atoms with Crippen LogP contribution >= 0.6 is 17.0 Å². The van der Waals surface area contributed by atoms with Crippen LogP contribution in [0.3, 0.4) is 0 Å². The molecule has 0 spiro atoms. The summed E-state index contributed by atoms with van der Waals surface area (Å²) in [6, 6.07) is 8.17. The monoisotopic (exact) mass is 342 g/mol. The molecule has 1 aromatic carbocycles. The third-order valence-corrected chi connectivity index (χ3v) is 3.27. The molecule has 0 bridgehead atoms. The topological polar surface area (TPSA) is 78.4 Å². The van der Waals surface area contributed by atoms with Crippen molar-refractivity contribution < 1.29 is 14.7 Å². The molecule has 1 heterocycles. The van der Waals surface area contributed by atoms with Crippen LogP contribution in [0.4, 0.5) is 0 Å². The van der Waals surface area contributed by atoms with E-state index in [4.69, 9.17) is 0 Å². The number of carbonyl (C=O) groups excluding carboxylic acids is 1. The smallest absolute Gasteiger partial charge is 0.326 e. The average Bonchev–Trinajstić information content (AvgIpc) is 2.93. The van der Waals surface area contributed by atoms with Crippen molar-refractivity contribution in [3.8, 4) is 0 Å². The van der Waals surface area contributed by atoms with Crippen molar-refractivity contribution in [1.82, 2.24) is 10.6 Å². The Bertz CT molecular complexity index is 447. The van der Waals surface area contributed by atoms with E-state index in [2.05, 4.69) is 10.6 Å². The zero-order valence-electron chi connectivity index (χ0n) is 11.0. The number of nitrogens with one attached hydrogen (secondary N) is 2. The summed E-state index contributed by atoms with van der Waals surface area (Å²) in [7, 11) is 0. The van der Waals surface area contributed by atoms with Crippen molar-refractivity contribution >= 4 is 28.9 Å². The van der Waals surface area contributed by atoms with Gasteiger partial charge < -0.3 is 15.7 Å². The molecule has 1 saturated heterocycles. The first-order valence-electron chi connectivity index (χ1n) is 6.47. The fourth-order valence-corrected chi connectivity index (χ4v) is 2.23. The number of carboxylic acids is 1. The average molecular weight is 343 g/mol. The summed E-state index contributed by atoms with van der Waals surface area (Å²) >= 11 is 0. The molecule has 6 heteroatoms. The SMILES string of the molecule is Br.O=C(O)[C@H](Cc1ccccc1)NC(=O)[C@@H]1CCCN1. The quantitative estimate of drug-likeness (QED) is 0.749. The largest absolute Gasteiger partial charge is 0.480 e. The lowest BCUT2D eigenvalue weighted by molar-refractivity contribution is -0.142. The number of carboxylic acid groups (broad SMARTS) is 1. The predicted molar refractivity (Wildman–Crippen MR) is 81.1 cm³/mol. The molecule has 0 saturated carbocycles. The maximum Gasteiger partial charge on any atom is 0.326 e. The zero-order chi connectivity index (χ0) is 13.7. The highest BCUT2D eigenvalue weighted by Gasteiger charge is 2.27. The summed E-state index contributed by atoms with van der Waals surface area (Å²) in [5.41, 5.74) is 0.898. The van der Waals surface area contributed by atoms with Crippen LogP contribution in [0.2, 0.25) is 0 Å². The fourth-order valence-electron chi connectivity index (χ4n) is 2.23. The standard InChI is InChI=1S/C14H18N2O3.BrH/c17-13(11-7-4-8-15-11)16-12(14(18)19)9-10-5-2-1-3-6-10;/h1-3,5-6,11-12,15H,4,7-9H2,(H,16,17)(H,18,19);1H/t11-,12-;/m0./s1. The molecular weight excluding hydrogens is 324 g/mol. The highest BCUT2D eigenvalue weighted by molar-refractivity contribution is 8.93. The molecule has 3 N–H and O–H groups in total. The summed E-state index contributed by atoms with van der Waals surface area (Å²) in [5, 5.41) is 14.9. The number of halogens is 1. The van der Waals surface area contributed by atoms with Crippen LogP contribution in [0.5, 0.6) is 0 Å². The van der Waals surface area contributed by atoms with E-state index in [-0.39, 0.29) is 28.9 Å². The Morgan fingerprint density at radius 2 is 2.05 bits per heavy atom. The van der Waals surface area contributed by atoms with Crippen molar-refractivity contribution in [2.45, 2.75) is 31.3 Å². The van der Waals surface area contributed by atoms with E-state index >= 15 is 0 Å². The highest BCUT2D eigenvalue weighted by Crippen LogP contribution is 2.07. The third-order valence-electron chi connectivity index (χ3n) is 3.27. The summed E-state index contributed by atoms with van der Waals surface area (Å²) in [6.07, 6.45) is 2.02. The van der Waals surface area contributed by atoms with Crippen LogP contribution in [0.25, 0.3) is 0 Å². The molecule has 0 aliphatic carbocycles. The summed E-state index contributed by atoms with van der Waals surface area (Å²) in [6.45, 7) is 0.814. The predicted octanol–water partition coefficient (Wildman–Crippen LogP) is 1.13. The van der Waals surface area contributed by atoms with Gasteiger partial charge >= 0.3 is 5.97 Å². The van der Waals surface area contributed by atoms with E-state index in [9.17, 15) is 14.7 Å². The van der Waals surface area contributed by atoms with Gasteiger partial charge in [-0.15, -0.1) is 17.0 Å². The molecule has 1 amide bonds. The van der Waals surface area contributed by atoms with Gasteiger partial charge in [-0.25, -0.2) is 4.79 Å². The molecule has 1 fully saturated rings. The molecule has 110 valence electrons. The lowest BCUT2D eigenvalue weighted by Gasteiger charge is -2.17. The maximum absolute atomic E-state index is 11.9. The summed E-state index contributed by atoms with van der Waals surface area (Å²) in [4.78, 5) is 23.1. The van der Waals surface area contributed by atoms with Gasteiger partial charge in [0.15, 0.2) is 0 Å². The van der Waals surface area contributed by atoms with Gasteiger partial charge in [0.1, 0.15) is 6.04 Å². The first-order valence-corrected chi connectivity index (χ1v) is 6.47. The number of aliphatic carboxylic acids is 1. The van der Waals surface area contributed by atoms with E-state index in [1.54, 1.807) is 0 Å². The van der Waals surface area contributed by atoms with Crippen molar-refractivity contribution in [3.05, 3.63) is 35.9 Å². The fraction of sp³-hybridized carbons (Fsp3) is 0.429. The first kappa shape index (κ1) is 16.7. The van der Waals surface area contributed by atoms with E-state index in [1.165, 1.54) is 0 Å². The van der Waals surface area contributed by atoms with E-state index in [0.717, 1.165) is 24.9 Å². The molecule has 0 radical (unpaired) electrons. The summed E-state index contributed by atoms with van der Waals surface area (Å²) < 4.78 is 0. The zero-order valence-corrected chi connectivity index (χ0v) is 12.8. The minimum atomic E-state index is -1.00. The molecule has 2 atom stereocenters. The van der Waals surface area contributed by atoms with E-state index in [1.807, 2.05) is 30.3 Å². The van der Waals surface area contributed by atoms with Crippen LogP contribution in [0.15, 0.2) is 30.3 Å². The first-order chi connectivity index (χ1) is 9.16. The number of hydrogen-bond acceptors (Lipinski definition) is 3. The molecular formula is C14H19BrN2O3. The molecule has 0 aromatic heterocycles. The molecule has 1 aromatic rings. The van der Waals surface area contributed by atoms with Gasteiger partial charge in [0, 0.05) is 6.42 Å². The molecule has 0 unspecified atom stereocenters. The third kappa shape index (κ3) is 4.61. The number of hydrogen-bond donors (Lipinski definition) is 3. The van der Waals surface area contributed by atoms with Crippen LogP contribution in [0.1, 0.15) is 18.4 Å². The van der Waals surface area contributed by atoms with Gasteiger partial charge in [0.05, 0.1) is 6.04 Å². The van der Waals surface area contributed by atoms with Gasteiger partial charge in [-0.3, -0.25) is 4.79 Å². The molecule has 1 aliphatic heterocycles. The minimum absolute atomic E-state index is 0. The Hall–Kier alpha value is -1.40. The second-order valence-corrected chi connectivity index (χ2v) is 4.74. The number of benzene rings is 1. The Morgan fingerprint density at radius 1 is 1.35 bits per heavy atom. The molecule has 1 aliphatic rings. The van der Waals surface area contributed by atoms with Crippen LogP contribution in [0, 0.1) is 0 Å². The van der Waals surface area contributed by atoms with E-state index < -0.39 is 12.0 Å². The van der Waals surface area contributed by atoms with Crippen LogP contribution < -0.4 is 10.6 Å².